The Bertz CT molecular complexity index is 1050. The molecule has 3 aliphatic rings. The SMILES string of the molecule is CN1CCC[C@H]1COC(=O)N1CCC(CS(=O)(=O)N2CC=C(c3ccccc3)CC2)(C(=O)O)CC1. The third kappa shape index (κ3) is 5.87. The van der Waals surface area contributed by atoms with E-state index in [0.29, 0.717) is 19.6 Å². The van der Waals surface area contributed by atoms with Crippen LogP contribution in [0.1, 0.15) is 37.7 Å². The van der Waals surface area contributed by atoms with Crippen molar-refractivity contribution in [3.05, 3.63) is 42.0 Å². The van der Waals surface area contributed by atoms with Crippen LogP contribution in [0.2, 0.25) is 0 Å². The molecule has 4 rings (SSSR count). The van der Waals surface area contributed by atoms with Crippen molar-refractivity contribution >= 4 is 27.7 Å². The van der Waals surface area contributed by atoms with E-state index < -0.39 is 33.3 Å². The van der Waals surface area contributed by atoms with Crippen molar-refractivity contribution in [3.8, 4) is 0 Å². The summed E-state index contributed by atoms with van der Waals surface area (Å²) in [5.74, 6) is -1.58. The summed E-state index contributed by atoms with van der Waals surface area (Å²) in [6.07, 6.45) is 4.27. The zero-order valence-corrected chi connectivity index (χ0v) is 21.1. The number of carboxylic acid groups (broad SMARTS) is 1. The van der Waals surface area contributed by atoms with Crippen LogP contribution in [0.3, 0.4) is 0 Å². The summed E-state index contributed by atoms with van der Waals surface area (Å²) >= 11 is 0. The largest absolute Gasteiger partial charge is 0.481 e. The summed E-state index contributed by atoms with van der Waals surface area (Å²) in [4.78, 5) is 28.4. The molecule has 0 bridgehead atoms. The maximum Gasteiger partial charge on any atom is 0.409 e. The first kappa shape index (κ1) is 25.7. The lowest BCUT2D eigenvalue weighted by Gasteiger charge is -2.39. The van der Waals surface area contributed by atoms with Crippen molar-refractivity contribution in [2.24, 2.45) is 5.41 Å². The maximum absolute atomic E-state index is 13.2. The number of hydrogen-bond acceptors (Lipinski definition) is 6. The average Bonchev–Trinajstić information content (AvgIpc) is 3.28. The summed E-state index contributed by atoms with van der Waals surface area (Å²) in [6, 6.07) is 10.1. The van der Waals surface area contributed by atoms with Gasteiger partial charge in [0, 0.05) is 32.2 Å². The topological polar surface area (TPSA) is 107 Å². The van der Waals surface area contributed by atoms with Crippen LogP contribution in [-0.2, 0) is 19.6 Å². The number of rotatable bonds is 7. The highest BCUT2D eigenvalue weighted by Crippen LogP contribution is 2.35. The van der Waals surface area contributed by atoms with E-state index >= 15 is 0 Å². The molecule has 0 spiro atoms. The molecule has 9 nitrogen and oxygen atoms in total. The molecule has 1 aromatic rings. The molecule has 0 unspecified atom stereocenters. The van der Waals surface area contributed by atoms with Gasteiger partial charge in [-0.3, -0.25) is 4.79 Å². The number of hydrogen-bond donors (Lipinski definition) is 1. The highest BCUT2D eigenvalue weighted by atomic mass is 32.2. The first-order valence-corrected chi connectivity index (χ1v) is 13.9. The number of carboxylic acids is 1. The Balaban J connectivity index is 1.34. The van der Waals surface area contributed by atoms with Crippen LogP contribution in [0, 0.1) is 5.41 Å². The van der Waals surface area contributed by atoms with Crippen molar-refractivity contribution in [3.63, 3.8) is 0 Å². The van der Waals surface area contributed by atoms with Gasteiger partial charge < -0.3 is 19.6 Å². The van der Waals surface area contributed by atoms with E-state index in [4.69, 9.17) is 4.74 Å². The van der Waals surface area contributed by atoms with Gasteiger partial charge in [-0.05, 0) is 56.8 Å². The Hall–Kier alpha value is -2.43. The highest BCUT2D eigenvalue weighted by molar-refractivity contribution is 7.89. The van der Waals surface area contributed by atoms with Gasteiger partial charge in [-0.15, -0.1) is 0 Å². The number of carbonyl (C=O) groups is 2. The summed E-state index contributed by atoms with van der Waals surface area (Å²) in [5.41, 5.74) is 0.760. The van der Waals surface area contributed by atoms with E-state index in [1.807, 2.05) is 43.5 Å². The normalized spacial score (nSPS) is 23.6. The van der Waals surface area contributed by atoms with E-state index in [-0.39, 0.29) is 38.5 Å². The van der Waals surface area contributed by atoms with Crippen molar-refractivity contribution in [1.29, 1.82) is 0 Å². The first-order chi connectivity index (χ1) is 16.7. The predicted octanol–water partition coefficient (Wildman–Crippen LogP) is 2.50. The molecule has 35 heavy (non-hydrogen) atoms. The number of nitrogens with zero attached hydrogens (tertiary/aromatic N) is 3. The predicted molar refractivity (Wildman–Crippen MR) is 132 cm³/mol. The Morgan fingerprint density at radius 3 is 2.40 bits per heavy atom. The molecular weight excluding hydrogens is 470 g/mol. The third-order valence-corrected chi connectivity index (χ3v) is 9.71. The van der Waals surface area contributed by atoms with Crippen LogP contribution < -0.4 is 0 Å². The monoisotopic (exact) mass is 505 g/mol. The van der Waals surface area contributed by atoms with Crippen LogP contribution >= 0.6 is 0 Å². The van der Waals surface area contributed by atoms with Gasteiger partial charge in [0.1, 0.15) is 6.61 Å². The van der Waals surface area contributed by atoms with Gasteiger partial charge in [0.25, 0.3) is 0 Å². The lowest BCUT2D eigenvalue weighted by Crippen LogP contribution is -2.52. The molecule has 2 saturated heterocycles. The first-order valence-electron chi connectivity index (χ1n) is 12.3. The number of likely N-dealkylation sites (N-methyl/N-ethyl adjacent to an activating group) is 1. The number of aliphatic carboxylic acids is 1. The number of amides is 1. The molecular formula is C25H35N3O6S. The molecule has 0 aliphatic carbocycles. The summed E-state index contributed by atoms with van der Waals surface area (Å²) < 4.78 is 33.3. The van der Waals surface area contributed by atoms with Gasteiger partial charge in [-0.25, -0.2) is 13.2 Å². The molecule has 2 fully saturated rings. The zero-order valence-electron chi connectivity index (χ0n) is 20.3. The van der Waals surface area contributed by atoms with Gasteiger partial charge in [0.2, 0.25) is 10.0 Å². The second-order valence-electron chi connectivity index (χ2n) is 9.89. The minimum absolute atomic E-state index is 0.0823. The van der Waals surface area contributed by atoms with Crippen LogP contribution in [-0.4, -0.2) is 97.9 Å². The van der Waals surface area contributed by atoms with E-state index in [9.17, 15) is 23.1 Å². The molecule has 1 N–H and O–H groups in total. The van der Waals surface area contributed by atoms with E-state index in [2.05, 4.69) is 4.90 Å². The number of piperidine rings is 1. The minimum atomic E-state index is -3.79. The fraction of sp³-hybridized carbons (Fsp3) is 0.600. The van der Waals surface area contributed by atoms with Crippen LogP contribution in [0.15, 0.2) is 36.4 Å². The lowest BCUT2D eigenvalue weighted by atomic mass is 9.80. The van der Waals surface area contributed by atoms with Gasteiger partial charge in [0.05, 0.1) is 11.2 Å². The van der Waals surface area contributed by atoms with Crippen molar-refractivity contribution in [2.75, 3.05) is 52.1 Å². The fourth-order valence-corrected chi connectivity index (χ4v) is 7.21. The molecule has 0 saturated carbocycles. The Labute approximate surface area is 207 Å². The quantitative estimate of drug-likeness (QED) is 0.607. The van der Waals surface area contributed by atoms with Crippen molar-refractivity contribution in [2.45, 2.75) is 38.1 Å². The van der Waals surface area contributed by atoms with Gasteiger partial charge in [0.15, 0.2) is 0 Å². The molecule has 3 aliphatic heterocycles. The number of sulfonamides is 1. The standard InChI is InChI=1S/C25H35N3O6S/c1-26-13-5-8-22(26)18-34-24(31)27-16-11-25(12-17-27,23(29)30)19-35(32,33)28-14-9-21(10-15-28)20-6-3-2-4-7-20/h2-4,6-7,9,22H,5,8,10-19H2,1H3,(H,29,30)/t22-/m0/s1. The van der Waals surface area contributed by atoms with Crippen LogP contribution in [0.5, 0.6) is 0 Å². The summed E-state index contributed by atoms with van der Waals surface area (Å²) in [7, 11) is -1.78. The summed E-state index contributed by atoms with van der Waals surface area (Å²) in [5, 5.41) is 10.0. The smallest absolute Gasteiger partial charge is 0.409 e. The molecule has 1 amide bonds. The lowest BCUT2D eigenvalue weighted by molar-refractivity contribution is -0.150. The highest BCUT2D eigenvalue weighted by Gasteiger charge is 2.47. The maximum atomic E-state index is 13.2. The Morgan fingerprint density at radius 2 is 1.83 bits per heavy atom. The molecule has 0 aromatic heterocycles. The minimum Gasteiger partial charge on any atom is -0.481 e. The number of ether oxygens (including phenoxy) is 1. The second kappa shape index (κ2) is 10.7. The fourth-order valence-electron chi connectivity index (χ4n) is 5.24. The van der Waals surface area contributed by atoms with Gasteiger partial charge >= 0.3 is 12.1 Å². The second-order valence-corrected chi connectivity index (χ2v) is 11.9. The summed E-state index contributed by atoms with van der Waals surface area (Å²) in [6.45, 7) is 2.20. The van der Waals surface area contributed by atoms with E-state index in [1.54, 1.807) is 0 Å². The van der Waals surface area contributed by atoms with E-state index in [0.717, 1.165) is 30.5 Å². The average molecular weight is 506 g/mol. The van der Waals surface area contributed by atoms with Crippen LogP contribution in [0.4, 0.5) is 4.79 Å². The Morgan fingerprint density at radius 1 is 1.11 bits per heavy atom. The molecule has 3 heterocycles. The van der Waals surface area contributed by atoms with Gasteiger partial charge in [-0.1, -0.05) is 36.4 Å². The third-order valence-electron chi connectivity index (χ3n) is 7.67. The number of benzene rings is 1. The molecule has 1 atom stereocenters. The zero-order chi connectivity index (χ0) is 25.1. The molecule has 192 valence electrons. The molecule has 10 heteroatoms. The molecule has 1 aromatic carbocycles. The van der Waals surface area contributed by atoms with E-state index in [1.165, 1.54) is 9.21 Å². The number of carbonyl (C=O) groups excluding carboxylic acids is 1. The molecule has 0 radical (unpaired) electrons. The van der Waals surface area contributed by atoms with Gasteiger partial charge in [-0.2, -0.15) is 4.31 Å². The van der Waals surface area contributed by atoms with Crippen molar-refractivity contribution < 1.29 is 27.9 Å². The number of likely N-dealkylation sites (tertiary alicyclic amines) is 2. The van der Waals surface area contributed by atoms with Crippen LogP contribution in [0.25, 0.3) is 5.57 Å². The van der Waals surface area contributed by atoms with Crippen molar-refractivity contribution in [1.82, 2.24) is 14.1 Å². The Kier molecular flexibility index (Phi) is 7.83.